The van der Waals surface area contributed by atoms with Crippen molar-refractivity contribution < 1.29 is 14.5 Å². The minimum Gasteiger partial charge on any atom is -0.616 e. The first-order chi connectivity index (χ1) is 17.0. The zero-order chi connectivity index (χ0) is 24.1. The Bertz CT molecular complexity index is 1420. The van der Waals surface area contributed by atoms with E-state index in [1.165, 1.54) is 4.90 Å². The Morgan fingerprint density at radius 1 is 1.23 bits per heavy atom. The minimum absolute atomic E-state index is 0.195. The van der Waals surface area contributed by atoms with Gasteiger partial charge in [0.05, 0.1) is 33.9 Å². The van der Waals surface area contributed by atoms with Gasteiger partial charge in [0.2, 0.25) is 0 Å². The topological polar surface area (TPSA) is 107 Å². The molecule has 0 atom stereocenters. The molecule has 0 aliphatic carbocycles. The van der Waals surface area contributed by atoms with Gasteiger partial charge in [-0.05, 0) is 18.4 Å². The number of aryl methyl sites for hydroxylation is 1. The van der Waals surface area contributed by atoms with Gasteiger partial charge in [-0.15, -0.1) is 11.3 Å². The summed E-state index contributed by atoms with van der Waals surface area (Å²) in [5.41, 5.74) is 4.76. The van der Waals surface area contributed by atoms with E-state index >= 15 is 0 Å². The summed E-state index contributed by atoms with van der Waals surface area (Å²) < 4.78 is 14.1. The molecule has 180 valence electrons. The Morgan fingerprint density at radius 3 is 2.80 bits per heavy atom. The molecular weight excluding hydrogens is 482 g/mol. The highest BCUT2D eigenvalue weighted by atomic mass is 32.2. The predicted octanol–water partition coefficient (Wildman–Crippen LogP) is 4.65. The molecule has 0 unspecified atom stereocenters. The quantitative estimate of drug-likeness (QED) is 0.405. The van der Waals surface area contributed by atoms with Crippen LogP contribution >= 0.6 is 11.3 Å². The van der Waals surface area contributed by atoms with Crippen LogP contribution in [0.1, 0.15) is 35.1 Å². The molecular formula is C25H25N5O3S2. The molecule has 1 aromatic carbocycles. The van der Waals surface area contributed by atoms with Gasteiger partial charge >= 0.3 is 6.09 Å². The van der Waals surface area contributed by atoms with Crippen LogP contribution in [0.25, 0.3) is 32.6 Å². The van der Waals surface area contributed by atoms with E-state index in [0.717, 1.165) is 61.7 Å². The maximum atomic E-state index is 12.0. The fourth-order valence-electron chi connectivity index (χ4n) is 5.15. The summed E-state index contributed by atoms with van der Waals surface area (Å²) in [6.07, 6.45) is 5.13. The third kappa shape index (κ3) is 4.09. The lowest BCUT2D eigenvalue weighted by molar-refractivity contribution is 0.139. The molecule has 2 aliphatic rings. The number of rotatable bonds is 3. The Morgan fingerprint density at radius 2 is 2.06 bits per heavy atom. The van der Waals surface area contributed by atoms with Crippen molar-refractivity contribution in [2.45, 2.75) is 38.8 Å². The number of carboxylic acid groups (broad SMARTS) is 1. The molecule has 35 heavy (non-hydrogen) atoms. The molecule has 1 N–H and O–H groups in total. The second-order valence-corrected chi connectivity index (χ2v) is 12.0. The smallest absolute Gasteiger partial charge is 0.407 e. The number of hydrogen-bond acceptors (Lipinski definition) is 6. The molecule has 0 radical (unpaired) electrons. The van der Waals surface area contributed by atoms with Crippen molar-refractivity contribution in [3.63, 3.8) is 0 Å². The molecule has 8 nitrogen and oxygen atoms in total. The molecule has 3 aromatic heterocycles. The number of aromatic nitrogens is 4. The Kier molecular flexibility index (Phi) is 5.74. The lowest BCUT2D eigenvalue weighted by Gasteiger charge is -2.29. The molecule has 10 heteroatoms. The molecule has 6 rings (SSSR count). The highest BCUT2D eigenvalue weighted by Gasteiger charge is 2.33. The summed E-state index contributed by atoms with van der Waals surface area (Å²) in [5.74, 6) is 1.38. The number of hydrogen-bond donors (Lipinski definition) is 1. The van der Waals surface area contributed by atoms with Crippen LogP contribution < -0.4 is 0 Å². The number of pyridine rings is 1. The third-order valence-corrected chi connectivity index (χ3v) is 9.27. The summed E-state index contributed by atoms with van der Waals surface area (Å²) in [7, 11) is 0. The second-order valence-electron chi connectivity index (χ2n) is 9.09. The highest BCUT2D eigenvalue weighted by Crippen LogP contribution is 2.38. The molecule has 5 heterocycles. The van der Waals surface area contributed by atoms with Gasteiger partial charge in [-0.2, -0.15) is 5.10 Å². The van der Waals surface area contributed by atoms with Crippen LogP contribution in [0.5, 0.6) is 0 Å². The van der Waals surface area contributed by atoms with Crippen molar-refractivity contribution in [2.75, 3.05) is 18.1 Å². The number of fused-ring (bicyclic) bond motifs is 2. The predicted molar refractivity (Wildman–Crippen MR) is 137 cm³/mol. The summed E-state index contributed by atoms with van der Waals surface area (Å²) in [5, 5.41) is 17.8. The number of amides is 1. The first-order valence-electron chi connectivity index (χ1n) is 11.7. The van der Waals surface area contributed by atoms with Gasteiger partial charge in [0.25, 0.3) is 0 Å². The number of thiazole rings is 1. The van der Waals surface area contributed by atoms with Crippen molar-refractivity contribution in [1.82, 2.24) is 24.6 Å². The molecule has 1 saturated heterocycles. The van der Waals surface area contributed by atoms with Gasteiger partial charge in [-0.1, -0.05) is 29.4 Å². The lowest BCUT2D eigenvalue weighted by Crippen LogP contribution is -2.36. The van der Waals surface area contributed by atoms with Crippen LogP contribution in [-0.2, 0) is 24.1 Å². The van der Waals surface area contributed by atoms with Gasteiger partial charge in [0.15, 0.2) is 0 Å². The van der Waals surface area contributed by atoms with E-state index < -0.39 is 17.3 Å². The number of carbonyl (C=O) groups is 1. The first kappa shape index (κ1) is 22.5. The van der Waals surface area contributed by atoms with E-state index in [1.807, 2.05) is 31.5 Å². The van der Waals surface area contributed by atoms with Crippen LogP contribution in [0.3, 0.4) is 0 Å². The SMILES string of the molecule is Cc1ncc(-c2cc3cccc(-c4nn(C5CC[S+]([O-])CC5)c5c4CN(C(=O)O)CC5)c3cn2)s1. The van der Waals surface area contributed by atoms with E-state index in [1.54, 1.807) is 11.3 Å². The average molecular weight is 508 g/mol. The van der Waals surface area contributed by atoms with Crippen molar-refractivity contribution >= 4 is 39.4 Å². The zero-order valence-electron chi connectivity index (χ0n) is 19.3. The Hall–Kier alpha value is -2.95. The lowest BCUT2D eigenvalue weighted by atomic mass is 9.97. The summed E-state index contributed by atoms with van der Waals surface area (Å²) in [6, 6.07) is 8.41. The van der Waals surface area contributed by atoms with Crippen molar-refractivity contribution in [1.29, 1.82) is 0 Å². The van der Waals surface area contributed by atoms with Crippen LogP contribution in [0.4, 0.5) is 4.79 Å². The standard InChI is InChI=1S/C25H25N5O3S2/c1-15-26-13-23(34-15)21-11-16-3-2-4-18(19(16)12-27-21)24-20-14-29(25(31)32)8-5-22(20)30(28-24)17-6-9-35(33)10-7-17/h2-4,11-13,17H,5-10,14H2,1H3,(H,31,32). The maximum absolute atomic E-state index is 12.0. The second kappa shape index (κ2) is 8.92. The molecule has 1 fully saturated rings. The first-order valence-corrected chi connectivity index (χ1v) is 14.0. The molecule has 4 aromatic rings. The summed E-state index contributed by atoms with van der Waals surface area (Å²) in [4.78, 5) is 23.4. The number of benzene rings is 1. The monoisotopic (exact) mass is 507 g/mol. The van der Waals surface area contributed by atoms with E-state index in [2.05, 4.69) is 21.8 Å². The molecule has 1 amide bonds. The van der Waals surface area contributed by atoms with E-state index in [0.29, 0.717) is 31.0 Å². The number of nitrogens with zero attached hydrogens (tertiary/aromatic N) is 5. The zero-order valence-corrected chi connectivity index (χ0v) is 20.9. The Balaban J connectivity index is 1.47. The van der Waals surface area contributed by atoms with E-state index in [-0.39, 0.29) is 6.04 Å². The van der Waals surface area contributed by atoms with Gasteiger partial charge < -0.3 is 14.6 Å². The minimum atomic E-state index is -0.911. The normalized spacial score (nSPS) is 20.2. The van der Waals surface area contributed by atoms with Crippen LogP contribution in [0, 0.1) is 6.92 Å². The van der Waals surface area contributed by atoms with Gasteiger partial charge in [-0.25, -0.2) is 9.78 Å². The average Bonchev–Trinajstić information content (AvgIpc) is 3.47. The largest absolute Gasteiger partial charge is 0.616 e. The third-order valence-electron chi connectivity index (χ3n) is 6.95. The van der Waals surface area contributed by atoms with E-state index in [9.17, 15) is 14.5 Å². The van der Waals surface area contributed by atoms with Gasteiger partial charge in [0.1, 0.15) is 11.5 Å². The molecule has 0 bridgehead atoms. The van der Waals surface area contributed by atoms with Crippen molar-refractivity contribution in [2.24, 2.45) is 0 Å². The fourth-order valence-corrected chi connectivity index (χ4v) is 7.17. The van der Waals surface area contributed by atoms with Crippen molar-refractivity contribution in [3.8, 4) is 21.8 Å². The van der Waals surface area contributed by atoms with Crippen LogP contribution in [0.2, 0.25) is 0 Å². The fraction of sp³-hybridized carbons (Fsp3) is 0.360. The molecule has 0 saturated carbocycles. The van der Waals surface area contributed by atoms with Gasteiger partial charge in [0, 0.05) is 60.4 Å². The van der Waals surface area contributed by atoms with Gasteiger partial charge in [-0.3, -0.25) is 9.67 Å². The summed E-state index contributed by atoms with van der Waals surface area (Å²) in [6.45, 7) is 2.76. The van der Waals surface area contributed by atoms with Crippen LogP contribution in [-0.4, -0.2) is 58.5 Å². The van der Waals surface area contributed by atoms with E-state index in [4.69, 9.17) is 10.1 Å². The molecule has 2 aliphatic heterocycles. The Labute approximate surface area is 209 Å². The maximum Gasteiger partial charge on any atom is 0.407 e. The molecule has 0 spiro atoms. The summed E-state index contributed by atoms with van der Waals surface area (Å²) >= 11 is 0.867. The highest BCUT2D eigenvalue weighted by molar-refractivity contribution is 7.91. The van der Waals surface area contributed by atoms with Crippen LogP contribution in [0.15, 0.2) is 36.7 Å². The van der Waals surface area contributed by atoms with Crippen molar-refractivity contribution in [3.05, 3.63) is 52.9 Å².